The maximum Gasteiger partial charge on any atom is 0.0210 e. The molecule has 80 valence electrons. The fourth-order valence-corrected chi connectivity index (χ4v) is 1.87. The van der Waals surface area contributed by atoms with Gasteiger partial charge >= 0.3 is 0 Å². The highest BCUT2D eigenvalue weighted by Crippen LogP contribution is 2.19. The Morgan fingerprint density at radius 1 is 0.875 bits per heavy atom. The van der Waals surface area contributed by atoms with Gasteiger partial charge in [-0.25, -0.2) is 0 Å². The van der Waals surface area contributed by atoms with Crippen LogP contribution in [0.5, 0.6) is 0 Å². The Bertz CT molecular complexity index is 498. The van der Waals surface area contributed by atoms with Crippen LogP contribution in [-0.4, -0.2) is 0 Å². The second-order valence-electron chi connectivity index (χ2n) is 3.75. The van der Waals surface area contributed by atoms with Crippen LogP contribution in [0.3, 0.4) is 0 Å². The van der Waals surface area contributed by atoms with E-state index in [1.807, 2.05) is 18.2 Å². The predicted octanol–water partition coefficient (Wildman–Crippen LogP) is 4.93. The number of hydrogen-bond donors (Lipinski definition) is 0. The van der Waals surface area contributed by atoms with E-state index in [1.54, 1.807) is 0 Å². The third kappa shape index (κ3) is 2.83. The molecule has 0 saturated carbocycles. The summed E-state index contributed by atoms with van der Waals surface area (Å²) in [5.41, 5.74) is 3.69. The summed E-state index contributed by atoms with van der Waals surface area (Å²) in [7, 11) is 0. The maximum absolute atomic E-state index is 3.54. The van der Waals surface area contributed by atoms with Crippen LogP contribution in [-0.2, 0) is 0 Å². The molecule has 1 heteroatoms. The van der Waals surface area contributed by atoms with E-state index in [-0.39, 0.29) is 0 Å². The summed E-state index contributed by atoms with van der Waals surface area (Å²) < 4.78 is 1.16. The van der Waals surface area contributed by atoms with Crippen molar-refractivity contribution in [2.45, 2.75) is 6.92 Å². The van der Waals surface area contributed by atoms with Gasteiger partial charge in [0.1, 0.15) is 0 Å². The highest BCUT2D eigenvalue weighted by Gasteiger charge is 1.94. The minimum absolute atomic E-state index is 1.16. The molecule has 0 heterocycles. The smallest absolute Gasteiger partial charge is 0.0210 e. The second-order valence-corrected chi connectivity index (χ2v) is 4.61. The van der Waals surface area contributed by atoms with Crippen LogP contribution in [0.25, 0.3) is 12.2 Å². The van der Waals surface area contributed by atoms with Crippen molar-refractivity contribution in [2.24, 2.45) is 0 Å². The predicted molar refractivity (Wildman–Crippen MR) is 74.2 cm³/mol. The third-order valence-corrected chi connectivity index (χ3v) is 3.32. The van der Waals surface area contributed by atoms with Crippen LogP contribution in [0.4, 0.5) is 0 Å². The Morgan fingerprint density at radius 2 is 1.56 bits per heavy atom. The van der Waals surface area contributed by atoms with Crippen LogP contribution in [0, 0.1) is 6.92 Å². The summed E-state index contributed by atoms with van der Waals surface area (Å²) in [5, 5.41) is 0. The molecule has 0 amide bonds. The first-order chi connectivity index (χ1) is 7.75. The van der Waals surface area contributed by atoms with Crippen molar-refractivity contribution in [2.75, 3.05) is 0 Å². The van der Waals surface area contributed by atoms with Crippen molar-refractivity contribution in [3.8, 4) is 0 Å². The Kier molecular flexibility index (Phi) is 3.58. The number of aryl methyl sites for hydroxylation is 1. The zero-order valence-corrected chi connectivity index (χ0v) is 10.7. The standard InChI is InChI=1S/C15H13Br/c1-12-7-8-14(11-15(12)16)10-9-13-5-3-2-4-6-13/h2-11H,1H3/b10-9+. The molecule has 0 saturated heterocycles. The van der Waals surface area contributed by atoms with Gasteiger partial charge in [0.15, 0.2) is 0 Å². The van der Waals surface area contributed by atoms with Gasteiger partial charge in [-0.15, -0.1) is 0 Å². The molecule has 0 bridgehead atoms. The van der Waals surface area contributed by atoms with Gasteiger partial charge in [-0.05, 0) is 29.7 Å². The summed E-state index contributed by atoms with van der Waals surface area (Å²) in [6.45, 7) is 2.09. The van der Waals surface area contributed by atoms with Crippen molar-refractivity contribution in [1.29, 1.82) is 0 Å². The maximum atomic E-state index is 3.54. The highest BCUT2D eigenvalue weighted by molar-refractivity contribution is 9.10. The lowest BCUT2D eigenvalue weighted by Gasteiger charge is -1.99. The number of halogens is 1. The minimum Gasteiger partial charge on any atom is -0.0622 e. The van der Waals surface area contributed by atoms with E-state index in [0.717, 1.165) is 4.47 Å². The van der Waals surface area contributed by atoms with Gasteiger partial charge in [-0.2, -0.15) is 0 Å². The number of rotatable bonds is 2. The van der Waals surface area contributed by atoms with Crippen LogP contribution < -0.4 is 0 Å². The molecule has 2 aromatic rings. The molecule has 0 N–H and O–H groups in total. The fourth-order valence-electron chi connectivity index (χ4n) is 1.47. The van der Waals surface area contributed by atoms with Crippen molar-refractivity contribution >= 4 is 28.1 Å². The summed E-state index contributed by atoms with van der Waals surface area (Å²) >= 11 is 3.54. The van der Waals surface area contributed by atoms with Gasteiger partial charge in [0.05, 0.1) is 0 Å². The van der Waals surface area contributed by atoms with E-state index in [2.05, 4.69) is 65.3 Å². The van der Waals surface area contributed by atoms with Crippen LogP contribution in [0.2, 0.25) is 0 Å². The zero-order valence-electron chi connectivity index (χ0n) is 9.15. The Morgan fingerprint density at radius 3 is 2.25 bits per heavy atom. The van der Waals surface area contributed by atoms with Gasteiger partial charge in [0.2, 0.25) is 0 Å². The molecule has 0 aliphatic heterocycles. The van der Waals surface area contributed by atoms with Crippen molar-refractivity contribution < 1.29 is 0 Å². The first kappa shape index (κ1) is 11.2. The SMILES string of the molecule is Cc1ccc(/C=C/c2ccccc2)cc1Br. The molecular formula is C15H13Br. The van der Waals surface area contributed by atoms with E-state index in [4.69, 9.17) is 0 Å². The topological polar surface area (TPSA) is 0 Å². The van der Waals surface area contributed by atoms with Gasteiger partial charge in [0.25, 0.3) is 0 Å². The lowest BCUT2D eigenvalue weighted by molar-refractivity contribution is 1.42. The Labute approximate surface area is 105 Å². The summed E-state index contributed by atoms with van der Waals surface area (Å²) in [4.78, 5) is 0. The summed E-state index contributed by atoms with van der Waals surface area (Å²) in [6.07, 6.45) is 4.25. The average Bonchev–Trinajstić information content (AvgIpc) is 2.32. The van der Waals surface area contributed by atoms with Crippen LogP contribution >= 0.6 is 15.9 Å². The molecule has 16 heavy (non-hydrogen) atoms. The van der Waals surface area contributed by atoms with E-state index >= 15 is 0 Å². The lowest BCUT2D eigenvalue weighted by Crippen LogP contribution is -1.77. The average molecular weight is 273 g/mol. The van der Waals surface area contributed by atoms with E-state index in [1.165, 1.54) is 16.7 Å². The third-order valence-electron chi connectivity index (χ3n) is 2.46. The normalized spacial score (nSPS) is 10.9. The monoisotopic (exact) mass is 272 g/mol. The van der Waals surface area contributed by atoms with Gasteiger partial charge in [-0.3, -0.25) is 0 Å². The largest absolute Gasteiger partial charge is 0.0622 e. The molecular weight excluding hydrogens is 260 g/mol. The fraction of sp³-hybridized carbons (Fsp3) is 0.0667. The molecule has 0 aliphatic carbocycles. The number of benzene rings is 2. The summed E-state index contributed by atoms with van der Waals surface area (Å²) in [6, 6.07) is 16.7. The van der Waals surface area contributed by atoms with Gasteiger partial charge in [0, 0.05) is 4.47 Å². The molecule has 0 radical (unpaired) electrons. The first-order valence-electron chi connectivity index (χ1n) is 5.25. The van der Waals surface area contributed by atoms with E-state index in [0.29, 0.717) is 0 Å². The minimum atomic E-state index is 1.16. The lowest BCUT2D eigenvalue weighted by atomic mass is 10.1. The van der Waals surface area contributed by atoms with Gasteiger partial charge in [-0.1, -0.05) is 70.5 Å². The molecule has 0 aliphatic rings. The molecule has 0 atom stereocenters. The molecule has 2 rings (SSSR count). The second kappa shape index (κ2) is 5.13. The molecule has 0 fully saturated rings. The van der Waals surface area contributed by atoms with E-state index in [9.17, 15) is 0 Å². The molecule has 0 aromatic heterocycles. The van der Waals surface area contributed by atoms with E-state index < -0.39 is 0 Å². The van der Waals surface area contributed by atoms with Crippen LogP contribution in [0.1, 0.15) is 16.7 Å². The van der Waals surface area contributed by atoms with Crippen LogP contribution in [0.15, 0.2) is 53.0 Å². The first-order valence-corrected chi connectivity index (χ1v) is 6.04. The quantitative estimate of drug-likeness (QED) is 0.681. The van der Waals surface area contributed by atoms with Crippen molar-refractivity contribution in [1.82, 2.24) is 0 Å². The van der Waals surface area contributed by atoms with Gasteiger partial charge < -0.3 is 0 Å². The highest BCUT2D eigenvalue weighted by atomic mass is 79.9. The van der Waals surface area contributed by atoms with Crippen molar-refractivity contribution in [3.63, 3.8) is 0 Å². The molecule has 2 aromatic carbocycles. The molecule has 0 spiro atoms. The number of hydrogen-bond acceptors (Lipinski definition) is 0. The summed E-state index contributed by atoms with van der Waals surface area (Å²) in [5.74, 6) is 0. The molecule has 0 nitrogen and oxygen atoms in total. The Hall–Kier alpha value is -1.34. The Balaban J connectivity index is 2.21. The van der Waals surface area contributed by atoms with Crippen molar-refractivity contribution in [3.05, 3.63) is 69.7 Å². The zero-order chi connectivity index (χ0) is 11.4. The molecule has 0 unspecified atom stereocenters.